The number of nitrogens with zero attached hydrogens (tertiary/aromatic N) is 1. The van der Waals surface area contributed by atoms with Crippen molar-refractivity contribution < 1.29 is 60.6 Å². The number of alkyl halides is 2. The van der Waals surface area contributed by atoms with Crippen LogP contribution in [0.2, 0.25) is 0 Å². The van der Waals surface area contributed by atoms with E-state index in [1.807, 2.05) is 4.98 Å². The summed E-state index contributed by atoms with van der Waals surface area (Å²) in [5, 5.41) is 9.97. The van der Waals surface area contributed by atoms with Crippen molar-refractivity contribution in [2.45, 2.75) is 24.9 Å². The second-order valence-corrected chi connectivity index (χ2v) is 10.7. The summed E-state index contributed by atoms with van der Waals surface area (Å²) < 4.78 is 65.1. The van der Waals surface area contributed by atoms with E-state index in [4.69, 9.17) is 31.0 Å². The Morgan fingerprint density at radius 3 is 2.22 bits per heavy atom. The van der Waals surface area contributed by atoms with Gasteiger partial charge < -0.3 is 29.4 Å². The standard InChI is InChI=1S/C11H19ClFN2O14P3/c1-7(16)11(5-13,27-9(4-12)15-3-2-8(17)14-10(15)18)6-26-31(22,23)29-32(24,25)28-30(19,20)21/h2-3,7,9,16H,4-6H2,1H3,(H,22,23)(H,24,25)(H,14,17,18)(H2,19,20,21)/t7-,9+,11+/m0/s1. The maximum atomic E-state index is 13.9. The lowest BCUT2D eigenvalue weighted by atomic mass is 10.0. The zero-order chi connectivity index (χ0) is 25.0. The van der Waals surface area contributed by atoms with E-state index < -0.39 is 71.8 Å². The van der Waals surface area contributed by atoms with E-state index in [0.717, 1.165) is 19.2 Å². The number of aromatic nitrogens is 2. The van der Waals surface area contributed by atoms with Crippen LogP contribution in [0.25, 0.3) is 0 Å². The van der Waals surface area contributed by atoms with Gasteiger partial charge in [0.25, 0.3) is 5.56 Å². The third-order valence-electron chi connectivity index (χ3n) is 3.54. The molecule has 0 aromatic carbocycles. The van der Waals surface area contributed by atoms with Crippen molar-refractivity contribution in [2.75, 3.05) is 19.2 Å². The number of rotatable bonds is 13. The van der Waals surface area contributed by atoms with Crippen LogP contribution in [-0.2, 0) is 31.6 Å². The van der Waals surface area contributed by atoms with E-state index in [2.05, 4.69) is 13.1 Å². The molecule has 1 rings (SSSR count). The molecule has 0 aliphatic heterocycles. The molecule has 0 fully saturated rings. The Morgan fingerprint density at radius 2 is 1.78 bits per heavy atom. The maximum absolute atomic E-state index is 13.9. The number of hydrogen-bond acceptors (Lipinski definition) is 10. The maximum Gasteiger partial charge on any atom is 0.490 e. The summed E-state index contributed by atoms with van der Waals surface area (Å²) in [5.74, 6) is -0.560. The highest BCUT2D eigenvalue weighted by molar-refractivity contribution is 7.66. The number of halogens is 2. The number of ether oxygens (including phenoxy) is 1. The fourth-order valence-electron chi connectivity index (χ4n) is 2.02. The molecule has 1 aromatic rings. The smallest absolute Gasteiger partial charge is 0.390 e. The topological polar surface area (TPSA) is 244 Å². The largest absolute Gasteiger partial charge is 0.490 e. The highest BCUT2D eigenvalue weighted by atomic mass is 35.5. The zero-order valence-corrected chi connectivity index (χ0v) is 19.3. The quantitative estimate of drug-likeness (QED) is 0.137. The Morgan fingerprint density at radius 1 is 1.19 bits per heavy atom. The number of aliphatic hydroxyl groups is 1. The van der Waals surface area contributed by atoms with Crippen molar-refractivity contribution in [1.29, 1.82) is 0 Å². The molecule has 0 bridgehead atoms. The molecular formula is C11H19ClFN2O14P3. The number of aliphatic hydroxyl groups excluding tert-OH is 1. The molecule has 186 valence electrons. The lowest BCUT2D eigenvalue weighted by molar-refractivity contribution is -0.192. The predicted molar refractivity (Wildman–Crippen MR) is 102 cm³/mol. The predicted octanol–water partition coefficient (Wildman–Crippen LogP) is -0.277. The van der Waals surface area contributed by atoms with Gasteiger partial charge in [0.15, 0.2) is 6.23 Å². The van der Waals surface area contributed by atoms with Crippen LogP contribution in [-0.4, -0.2) is 65.1 Å². The minimum atomic E-state index is -5.84. The number of aromatic amines is 1. The van der Waals surface area contributed by atoms with Gasteiger partial charge in [0.05, 0.1) is 18.6 Å². The molecule has 21 heteroatoms. The Bertz CT molecular complexity index is 1040. The molecule has 32 heavy (non-hydrogen) atoms. The Kier molecular flexibility index (Phi) is 10.2. The molecule has 0 aliphatic rings. The van der Waals surface area contributed by atoms with Crippen LogP contribution < -0.4 is 11.2 Å². The summed E-state index contributed by atoms with van der Waals surface area (Å²) in [7, 11) is -17.2. The summed E-state index contributed by atoms with van der Waals surface area (Å²) in [6.45, 7) is -2.04. The summed E-state index contributed by atoms with van der Waals surface area (Å²) in [4.78, 5) is 60.6. The number of phosphoric ester groups is 1. The van der Waals surface area contributed by atoms with Gasteiger partial charge in [-0.15, -0.1) is 11.6 Å². The molecule has 2 unspecified atom stereocenters. The van der Waals surface area contributed by atoms with Crippen molar-refractivity contribution in [3.8, 4) is 0 Å². The number of phosphoric acid groups is 3. The van der Waals surface area contributed by atoms with Crippen LogP contribution in [0.4, 0.5) is 4.39 Å². The van der Waals surface area contributed by atoms with E-state index in [-0.39, 0.29) is 0 Å². The minimum Gasteiger partial charge on any atom is -0.390 e. The lowest BCUT2D eigenvalue weighted by Gasteiger charge is -2.37. The molecule has 0 aliphatic carbocycles. The van der Waals surface area contributed by atoms with E-state index in [1.165, 1.54) is 0 Å². The molecular weight excluding hydrogens is 531 g/mol. The first-order valence-electron chi connectivity index (χ1n) is 8.03. The number of nitrogens with one attached hydrogen (secondary N) is 1. The van der Waals surface area contributed by atoms with Crippen LogP contribution in [0, 0.1) is 0 Å². The van der Waals surface area contributed by atoms with Gasteiger partial charge in [0.2, 0.25) is 0 Å². The van der Waals surface area contributed by atoms with Crippen molar-refractivity contribution >= 4 is 35.1 Å². The highest BCUT2D eigenvalue weighted by Gasteiger charge is 2.46. The van der Waals surface area contributed by atoms with E-state index in [1.54, 1.807) is 0 Å². The first-order chi connectivity index (χ1) is 14.5. The van der Waals surface area contributed by atoms with Gasteiger partial charge in [-0.3, -0.25) is 18.9 Å². The summed E-state index contributed by atoms with van der Waals surface area (Å²) in [6, 6.07) is 0.899. The first kappa shape index (κ1) is 29.3. The van der Waals surface area contributed by atoms with Gasteiger partial charge >= 0.3 is 29.2 Å². The van der Waals surface area contributed by atoms with Crippen molar-refractivity contribution in [2.24, 2.45) is 0 Å². The van der Waals surface area contributed by atoms with Gasteiger partial charge in [0, 0.05) is 12.3 Å². The molecule has 6 N–H and O–H groups in total. The van der Waals surface area contributed by atoms with Crippen LogP contribution in [0.3, 0.4) is 0 Å². The van der Waals surface area contributed by atoms with Crippen LogP contribution in [0.5, 0.6) is 0 Å². The monoisotopic (exact) mass is 550 g/mol. The molecule has 0 saturated carbocycles. The van der Waals surface area contributed by atoms with E-state index in [0.29, 0.717) is 4.57 Å². The van der Waals surface area contributed by atoms with Gasteiger partial charge in [-0.25, -0.2) is 22.9 Å². The molecule has 1 aromatic heterocycles. The molecule has 0 amide bonds. The normalized spacial score (nSPS) is 20.0. The van der Waals surface area contributed by atoms with Crippen molar-refractivity contribution in [3.63, 3.8) is 0 Å². The SMILES string of the molecule is C[C@H](O)[C@@](CF)(COP(=O)(O)OP(=O)(O)OP(=O)(O)O)O[C@H](CCl)n1ccc(=O)[nH]c1=O. The minimum absolute atomic E-state index is 0.560. The van der Waals surface area contributed by atoms with Gasteiger partial charge in [-0.1, -0.05) is 0 Å². The Hall–Kier alpha value is -0.770. The molecule has 1 heterocycles. The third-order valence-corrected chi connectivity index (χ3v) is 7.59. The van der Waals surface area contributed by atoms with Gasteiger partial charge in [-0.05, 0) is 6.92 Å². The van der Waals surface area contributed by atoms with Crippen LogP contribution in [0.15, 0.2) is 21.9 Å². The Balaban J connectivity index is 3.12. The molecule has 0 saturated heterocycles. The summed E-state index contributed by atoms with van der Waals surface area (Å²) in [6.07, 6.45) is -2.46. The van der Waals surface area contributed by atoms with Crippen LogP contribution in [0.1, 0.15) is 13.2 Å². The second kappa shape index (κ2) is 11.1. The van der Waals surface area contributed by atoms with E-state index >= 15 is 0 Å². The van der Waals surface area contributed by atoms with Gasteiger partial charge in [0.1, 0.15) is 12.3 Å². The Labute approximate surface area is 183 Å². The van der Waals surface area contributed by atoms with Gasteiger partial charge in [-0.2, -0.15) is 8.62 Å². The number of hydrogen-bond donors (Lipinski definition) is 6. The summed E-state index contributed by atoms with van der Waals surface area (Å²) in [5.41, 5.74) is -4.34. The van der Waals surface area contributed by atoms with E-state index in [9.17, 15) is 37.7 Å². The first-order valence-corrected chi connectivity index (χ1v) is 13.1. The lowest BCUT2D eigenvalue weighted by Crippen LogP contribution is -2.52. The molecule has 0 spiro atoms. The average Bonchev–Trinajstić information content (AvgIpc) is 2.59. The zero-order valence-electron chi connectivity index (χ0n) is 15.9. The molecule has 0 radical (unpaired) electrons. The van der Waals surface area contributed by atoms with Crippen LogP contribution >= 0.6 is 35.1 Å². The summed E-state index contributed by atoms with van der Waals surface area (Å²) >= 11 is 5.71. The average molecular weight is 551 g/mol. The molecule has 16 nitrogen and oxygen atoms in total. The fourth-order valence-corrected chi connectivity index (χ4v) is 5.30. The number of H-pyrrole nitrogens is 1. The van der Waals surface area contributed by atoms with Crippen molar-refractivity contribution in [3.05, 3.63) is 33.1 Å². The molecule has 5 atom stereocenters. The highest BCUT2D eigenvalue weighted by Crippen LogP contribution is 2.66. The van der Waals surface area contributed by atoms with Crippen molar-refractivity contribution in [1.82, 2.24) is 9.55 Å². The third kappa shape index (κ3) is 8.88. The second-order valence-electron chi connectivity index (χ2n) is 5.98. The fraction of sp³-hybridized carbons (Fsp3) is 0.636.